The topological polar surface area (TPSA) is 67.4 Å². The van der Waals surface area contributed by atoms with Gasteiger partial charge in [0.15, 0.2) is 6.61 Å². The van der Waals surface area contributed by atoms with Crippen LogP contribution >= 0.6 is 27.5 Å². The first kappa shape index (κ1) is 17.8. The molecule has 2 N–H and O–H groups in total. The van der Waals surface area contributed by atoms with E-state index in [1.54, 1.807) is 6.07 Å². The van der Waals surface area contributed by atoms with E-state index in [-0.39, 0.29) is 6.61 Å². The van der Waals surface area contributed by atoms with Gasteiger partial charge in [0, 0.05) is 11.0 Å². The van der Waals surface area contributed by atoms with Gasteiger partial charge in [-0.2, -0.15) is 0 Å². The Morgan fingerprint density at radius 2 is 2.05 bits per heavy atom. The molecule has 0 aliphatic rings. The van der Waals surface area contributed by atoms with Gasteiger partial charge in [0.1, 0.15) is 5.75 Å². The van der Waals surface area contributed by atoms with E-state index < -0.39 is 11.9 Å². The maximum atomic E-state index is 11.6. The minimum Gasteiger partial charge on any atom is -0.482 e. The van der Waals surface area contributed by atoms with Crippen LogP contribution in [0.15, 0.2) is 16.6 Å². The van der Waals surface area contributed by atoms with Gasteiger partial charge in [0.2, 0.25) is 0 Å². The lowest BCUT2D eigenvalue weighted by molar-refractivity contribution is -0.122. The fraction of sp³-hybridized carbons (Fsp3) is 0.429. The minimum atomic E-state index is -0.533. The van der Waals surface area contributed by atoms with Crippen molar-refractivity contribution in [2.45, 2.75) is 20.8 Å². The van der Waals surface area contributed by atoms with Crippen molar-refractivity contribution in [2.75, 3.05) is 13.2 Å². The van der Waals surface area contributed by atoms with Crippen molar-refractivity contribution in [2.24, 2.45) is 5.92 Å². The van der Waals surface area contributed by atoms with E-state index in [1.165, 1.54) is 0 Å². The highest BCUT2D eigenvalue weighted by Crippen LogP contribution is 2.31. The summed E-state index contributed by atoms with van der Waals surface area (Å²) in [6.45, 7) is 5.96. The molecule has 0 atom stereocenters. The third kappa shape index (κ3) is 6.35. The highest BCUT2D eigenvalue weighted by atomic mass is 79.9. The predicted octanol–water partition coefficient (Wildman–Crippen LogP) is 3.27. The van der Waals surface area contributed by atoms with Gasteiger partial charge in [0.05, 0.1) is 5.02 Å². The number of hydrogen-bond acceptors (Lipinski definition) is 3. The summed E-state index contributed by atoms with van der Waals surface area (Å²) in [6, 6.07) is 2.97. The van der Waals surface area contributed by atoms with Gasteiger partial charge >= 0.3 is 6.03 Å². The molecule has 0 heterocycles. The van der Waals surface area contributed by atoms with Crippen molar-refractivity contribution < 1.29 is 14.3 Å². The lowest BCUT2D eigenvalue weighted by Gasteiger charge is -2.12. The summed E-state index contributed by atoms with van der Waals surface area (Å²) in [5, 5.41) is 5.17. The predicted molar refractivity (Wildman–Crippen MR) is 85.8 cm³/mol. The second-order valence-corrected chi connectivity index (χ2v) is 6.30. The number of imide groups is 1. The Balaban J connectivity index is 2.48. The molecule has 0 fully saturated rings. The van der Waals surface area contributed by atoms with Crippen LogP contribution < -0.4 is 15.4 Å². The monoisotopic (exact) mass is 376 g/mol. The van der Waals surface area contributed by atoms with Crippen LogP contribution in [0.2, 0.25) is 5.02 Å². The van der Waals surface area contributed by atoms with Gasteiger partial charge < -0.3 is 10.1 Å². The van der Waals surface area contributed by atoms with Crippen molar-refractivity contribution in [1.82, 2.24) is 10.6 Å². The molecule has 0 spiro atoms. The molecule has 1 rings (SSSR count). The molecule has 3 amide bonds. The Morgan fingerprint density at radius 3 is 2.62 bits per heavy atom. The van der Waals surface area contributed by atoms with E-state index >= 15 is 0 Å². The van der Waals surface area contributed by atoms with Crippen LogP contribution in [0.3, 0.4) is 0 Å². The molecular formula is C14H18BrClN2O3. The number of hydrogen-bond donors (Lipinski definition) is 2. The number of urea groups is 1. The fourth-order valence-corrected chi connectivity index (χ4v) is 2.54. The number of carbonyl (C=O) groups excluding carboxylic acids is 2. The molecule has 0 aliphatic heterocycles. The van der Waals surface area contributed by atoms with Crippen molar-refractivity contribution >= 4 is 39.5 Å². The molecular weight excluding hydrogens is 360 g/mol. The standard InChI is InChI=1S/C14H18BrClN2O3/c1-8(2)6-17-14(20)18-12(19)7-21-13-9(3)4-10(15)5-11(13)16/h4-5,8H,6-7H2,1-3H3,(H2,17,18,19,20). The Bertz CT molecular complexity index is 512. The Kier molecular flexibility index (Phi) is 6.98. The van der Waals surface area contributed by atoms with Crippen LogP contribution in [0.25, 0.3) is 0 Å². The van der Waals surface area contributed by atoms with Crippen LogP contribution in [-0.4, -0.2) is 25.1 Å². The highest BCUT2D eigenvalue weighted by Gasteiger charge is 2.12. The van der Waals surface area contributed by atoms with E-state index in [9.17, 15) is 9.59 Å². The van der Waals surface area contributed by atoms with E-state index in [0.717, 1.165) is 10.0 Å². The number of aryl methyl sites for hydroxylation is 1. The maximum Gasteiger partial charge on any atom is 0.321 e. The average molecular weight is 378 g/mol. The molecule has 0 saturated heterocycles. The Hall–Kier alpha value is -1.27. The van der Waals surface area contributed by atoms with Crippen molar-refractivity contribution in [3.8, 4) is 5.75 Å². The minimum absolute atomic E-state index is 0.280. The van der Waals surface area contributed by atoms with Crippen molar-refractivity contribution in [3.05, 3.63) is 27.2 Å². The van der Waals surface area contributed by atoms with Gasteiger partial charge in [0.25, 0.3) is 5.91 Å². The normalized spacial score (nSPS) is 10.4. The first-order valence-electron chi connectivity index (χ1n) is 6.45. The molecule has 0 bridgehead atoms. The molecule has 0 saturated carbocycles. The van der Waals surface area contributed by atoms with Gasteiger partial charge in [-0.25, -0.2) is 4.79 Å². The second kappa shape index (κ2) is 8.24. The molecule has 1 aromatic rings. The molecule has 7 heteroatoms. The zero-order valence-corrected chi connectivity index (χ0v) is 14.5. The maximum absolute atomic E-state index is 11.6. The molecule has 1 aromatic carbocycles. The first-order chi connectivity index (χ1) is 9.79. The third-order valence-electron chi connectivity index (χ3n) is 2.47. The van der Waals surface area contributed by atoms with Gasteiger partial charge in [-0.3, -0.25) is 10.1 Å². The molecule has 5 nitrogen and oxygen atoms in total. The first-order valence-corrected chi connectivity index (χ1v) is 7.62. The summed E-state index contributed by atoms with van der Waals surface area (Å²) in [7, 11) is 0. The molecule has 0 unspecified atom stereocenters. The lowest BCUT2D eigenvalue weighted by Crippen LogP contribution is -2.42. The van der Waals surface area contributed by atoms with Crippen molar-refractivity contribution in [3.63, 3.8) is 0 Å². The lowest BCUT2D eigenvalue weighted by atomic mass is 10.2. The van der Waals surface area contributed by atoms with Gasteiger partial charge in [-0.1, -0.05) is 41.4 Å². The molecule has 0 radical (unpaired) electrons. The second-order valence-electron chi connectivity index (χ2n) is 4.97. The Morgan fingerprint density at radius 1 is 1.38 bits per heavy atom. The van der Waals surface area contributed by atoms with Crippen LogP contribution in [0.4, 0.5) is 4.79 Å². The largest absolute Gasteiger partial charge is 0.482 e. The van der Waals surface area contributed by atoms with Crippen LogP contribution in [0, 0.1) is 12.8 Å². The van der Waals surface area contributed by atoms with Crippen LogP contribution in [-0.2, 0) is 4.79 Å². The summed E-state index contributed by atoms with van der Waals surface area (Å²) in [6.07, 6.45) is 0. The summed E-state index contributed by atoms with van der Waals surface area (Å²) in [5.74, 6) is 0.207. The quantitative estimate of drug-likeness (QED) is 0.827. The van der Waals surface area contributed by atoms with Gasteiger partial charge in [-0.15, -0.1) is 0 Å². The molecule has 0 aliphatic carbocycles. The summed E-state index contributed by atoms with van der Waals surface area (Å²) in [5.41, 5.74) is 0.798. The summed E-state index contributed by atoms with van der Waals surface area (Å²) < 4.78 is 6.19. The van der Waals surface area contributed by atoms with E-state index in [4.69, 9.17) is 16.3 Å². The smallest absolute Gasteiger partial charge is 0.321 e. The third-order valence-corrected chi connectivity index (χ3v) is 3.20. The average Bonchev–Trinajstić information content (AvgIpc) is 2.34. The zero-order valence-electron chi connectivity index (χ0n) is 12.1. The van der Waals surface area contributed by atoms with Crippen LogP contribution in [0.1, 0.15) is 19.4 Å². The number of rotatable bonds is 5. The fourth-order valence-electron chi connectivity index (χ4n) is 1.51. The van der Waals surface area contributed by atoms with E-state index in [0.29, 0.717) is 23.2 Å². The highest BCUT2D eigenvalue weighted by molar-refractivity contribution is 9.10. The van der Waals surface area contributed by atoms with E-state index in [2.05, 4.69) is 26.6 Å². The number of benzene rings is 1. The Labute approximate surface area is 137 Å². The van der Waals surface area contributed by atoms with Gasteiger partial charge in [-0.05, 0) is 30.5 Å². The molecule has 116 valence electrons. The number of carbonyl (C=O) groups is 2. The van der Waals surface area contributed by atoms with Crippen LogP contribution in [0.5, 0.6) is 5.75 Å². The van der Waals surface area contributed by atoms with E-state index in [1.807, 2.05) is 26.8 Å². The van der Waals surface area contributed by atoms with Crippen molar-refractivity contribution in [1.29, 1.82) is 0 Å². The number of ether oxygens (including phenoxy) is 1. The number of amides is 3. The number of nitrogens with one attached hydrogen (secondary N) is 2. The SMILES string of the molecule is Cc1cc(Br)cc(Cl)c1OCC(=O)NC(=O)NCC(C)C. The zero-order chi connectivity index (χ0) is 16.0. The summed E-state index contributed by atoms with van der Waals surface area (Å²) >= 11 is 9.36. The molecule has 21 heavy (non-hydrogen) atoms. The number of halogens is 2. The summed E-state index contributed by atoms with van der Waals surface area (Å²) in [4.78, 5) is 23.0. The molecule has 0 aromatic heterocycles.